The van der Waals surface area contributed by atoms with Gasteiger partial charge in [-0.25, -0.2) is 4.68 Å². The van der Waals surface area contributed by atoms with Crippen LogP contribution >= 0.6 is 15.9 Å². The van der Waals surface area contributed by atoms with Gasteiger partial charge in [0.15, 0.2) is 0 Å². The molecule has 0 atom stereocenters. The zero-order valence-electron chi connectivity index (χ0n) is 9.01. The molecule has 0 amide bonds. The summed E-state index contributed by atoms with van der Waals surface area (Å²) < 4.78 is 2.17. The summed E-state index contributed by atoms with van der Waals surface area (Å²) in [7, 11) is 1.56. The second-order valence-electron chi connectivity index (χ2n) is 3.49. The molecule has 5 heteroatoms. The predicted molar refractivity (Wildman–Crippen MR) is 67.3 cm³/mol. The Hall–Kier alpha value is -1.93. The highest BCUT2D eigenvalue weighted by molar-refractivity contribution is 9.10. The van der Waals surface area contributed by atoms with Gasteiger partial charge >= 0.3 is 0 Å². The summed E-state index contributed by atoms with van der Waals surface area (Å²) in [6.45, 7) is 0. The average molecular weight is 290 g/mol. The number of halogens is 1. The second kappa shape index (κ2) is 4.52. The monoisotopic (exact) mass is 289 g/mol. The Morgan fingerprint density at radius 1 is 1.35 bits per heavy atom. The lowest BCUT2D eigenvalue weighted by Crippen LogP contribution is -2.20. The van der Waals surface area contributed by atoms with Gasteiger partial charge in [0, 0.05) is 23.2 Å². The summed E-state index contributed by atoms with van der Waals surface area (Å²) in [5, 5.41) is 13.1. The van der Waals surface area contributed by atoms with Gasteiger partial charge in [0.2, 0.25) is 0 Å². The smallest absolute Gasteiger partial charge is 0.267 e. The van der Waals surface area contributed by atoms with Crippen LogP contribution in [0.5, 0.6) is 0 Å². The summed E-state index contributed by atoms with van der Waals surface area (Å²) in [5.74, 6) is 0. The molecule has 84 valence electrons. The third-order valence-electron chi connectivity index (χ3n) is 2.33. The molecule has 1 aromatic carbocycles. The van der Waals surface area contributed by atoms with E-state index in [4.69, 9.17) is 5.26 Å². The van der Waals surface area contributed by atoms with Crippen molar-refractivity contribution in [2.75, 3.05) is 0 Å². The van der Waals surface area contributed by atoms with Gasteiger partial charge in [-0.15, -0.1) is 0 Å². The fraction of sp³-hybridized carbons (Fsp3) is 0.0833. The molecule has 0 saturated heterocycles. The average Bonchev–Trinajstić information content (AvgIpc) is 2.33. The first-order valence-electron chi connectivity index (χ1n) is 4.86. The number of rotatable bonds is 1. The third kappa shape index (κ3) is 2.27. The first kappa shape index (κ1) is 11.6. The minimum atomic E-state index is -0.289. The van der Waals surface area contributed by atoms with E-state index in [9.17, 15) is 4.79 Å². The SMILES string of the molecule is Cn1nc(-c2ccc(Br)cc2)c(C#N)cc1=O. The first-order chi connectivity index (χ1) is 8.11. The van der Waals surface area contributed by atoms with Gasteiger partial charge in [-0.2, -0.15) is 10.4 Å². The molecule has 0 unspecified atom stereocenters. The van der Waals surface area contributed by atoms with Crippen molar-refractivity contribution in [3.63, 3.8) is 0 Å². The normalized spacial score (nSPS) is 9.94. The number of benzene rings is 1. The lowest BCUT2D eigenvalue weighted by Gasteiger charge is -2.05. The molecule has 0 aliphatic carbocycles. The lowest BCUT2D eigenvalue weighted by atomic mass is 10.1. The van der Waals surface area contributed by atoms with Gasteiger partial charge in [-0.1, -0.05) is 28.1 Å². The van der Waals surface area contributed by atoms with E-state index in [1.807, 2.05) is 30.3 Å². The Morgan fingerprint density at radius 3 is 2.59 bits per heavy atom. The molecule has 1 aromatic heterocycles. The Kier molecular flexibility index (Phi) is 3.07. The van der Waals surface area contributed by atoms with Gasteiger partial charge in [0.25, 0.3) is 5.56 Å². The zero-order chi connectivity index (χ0) is 12.4. The van der Waals surface area contributed by atoms with E-state index in [1.54, 1.807) is 7.05 Å². The van der Waals surface area contributed by atoms with Crippen LogP contribution in [0.15, 0.2) is 39.6 Å². The van der Waals surface area contributed by atoms with Gasteiger partial charge in [0.05, 0.1) is 5.56 Å². The van der Waals surface area contributed by atoms with Crippen LogP contribution in [-0.2, 0) is 7.05 Å². The van der Waals surface area contributed by atoms with Crippen LogP contribution in [0.4, 0.5) is 0 Å². The number of nitrogens with zero attached hydrogens (tertiary/aromatic N) is 3. The van der Waals surface area contributed by atoms with Crippen molar-refractivity contribution in [1.82, 2.24) is 9.78 Å². The van der Waals surface area contributed by atoms with Crippen LogP contribution in [0, 0.1) is 11.3 Å². The van der Waals surface area contributed by atoms with Crippen molar-refractivity contribution >= 4 is 15.9 Å². The zero-order valence-corrected chi connectivity index (χ0v) is 10.6. The molecule has 0 radical (unpaired) electrons. The van der Waals surface area contributed by atoms with E-state index < -0.39 is 0 Å². The van der Waals surface area contributed by atoms with Crippen molar-refractivity contribution < 1.29 is 0 Å². The molecule has 0 saturated carbocycles. The van der Waals surface area contributed by atoms with Crippen LogP contribution in [0.3, 0.4) is 0 Å². The van der Waals surface area contributed by atoms with Gasteiger partial charge in [0.1, 0.15) is 11.8 Å². The maximum absolute atomic E-state index is 11.4. The topological polar surface area (TPSA) is 58.7 Å². The molecule has 4 nitrogen and oxygen atoms in total. The van der Waals surface area contributed by atoms with Crippen molar-refractivity contribution in [3.05, 3.63) is 50.7 Å². The van der Waals surface area contributed by atoms with Crippen LogP contribution in [0.2, 0.25) is 0 Å². The summed E-state index contributed by atoms with van der Waals surface area (Å²) in [5.41, 5.74) is 1.32. The molecule has 0 aliphatic heterocycles. The Bertz CT molecular complexity index is 653. The maximum Gasteiger partial charge on any atom is 0.267 e. The van der Waals surface area contributed by atoms with E-state index in [0.29, 0.717) is 5.69 Å². The van der Waals surface area contributed by atoms with Crippen molar-refractivity contribution in [2.45, 2.75) is 0 Å². The fourth-order valence-corrected chi connectivity index (χ4v) is 1.71. The lowest BCUT2D eigenvalue weighted by molar-refractivity contribution is 0.710. The number of hydrogen-bond acceptors (Lipinski definition) is 3. The van der Waals surface area contributed by atoms with Crippen LogP contribution in [-0.4, -0.2) is 9.78 Å². The molecular formula is C12H8BrN3O. The van der Waals surface area contributed by atoms with Crippen molar-refractivity contribution in [3.8, 4) is 17.3 Å². The van der Waals surface area contributed by atoms with Crippen molar-refractivity contribution in [1.29, 1.82) is 5.26 Å². The minimum Gasteiger partial charge on any atom is -0.268 e. The molecule has 0 aliphatic rings. The molecular weight excluding hydrogens is 282 g/mol. The fourth-order valence-electron chi connectivity index (χ4n) is 1.44. The largest absolute Gasteiger partial charge is 0.268 e. The van der Waals surface area contributed by atoms with E-state index in [2.05, 4.69) is 21.0 Å². The molecule has 0 bridgehead atoms. The summed E-state index contributed by atoms with van der Waals surface area (Å²) in [6, 6.07) is 10.7. The maximum atomic E-state index is 11.4. The molecule has 0 spiro atoms. The summed E-state index contributed by atoms with van der Waals surface area (Å²) in [4.78, 5) is 11.4. The Balaban J connectivity index is 2.67. The molecule has 0 N–H and O–H groups in total. The van der Waals surface area contributed by atoms with E-state index in [0.717, 1.165) is 10.0 Å². The van der Waals surface area contributed by atoms with Gasteiger partial charge in [-0.3, -0.25) is 4.79 Å². The van der Waals surface area contributed by atoms with E-state index >= 15 is 0 Å². The minimum absolute atomic E-state index is 0.287. The summed E-state index contributed by atoms with van der Waals surface area (Å²) in [6.07, 6.45) is 0. The standard InChI is InChI=1S/C12H8BrN3O/c1-16-11(17)6-9(7-14)12(15-16)8-2-4-10(13)5-3-8/h2-6H,1H3. The number of nitriles is 1. The Labute approximate surface area is 106 Å². The predicted octanol–water partition coefficient (Wildman–Crippen LogP) is 2.08. The van der Waals surface area contributed by atoms with Crippen LogP contribution in [0.1, 0.15) is 5.56 Å². The molecule has 17 heavy (non-hydrogen) atoms. The first-order valence-corrected chi connectivity index (χ1v) is 5.65. The highest BCUT2D eigenvalue weighted by Gasteiger charge is 2.09. The van der Waals surface area contributed by atoms with Crippen molar-refractivity contribution in [2.24, 2.45) is 7.05 Å². The number of aromatic nitrogens is 2. The second-order valence-corrected chi connectivity index (χ2v) is 4.40. The molecule has 1 heterocycles. The summed E-state index contributed by atoms with van der Waals surface area (Å²) >= 11 is 3.34. The molecule has 2 aromatic rings. The quantitative estimate of drug-likeness (QED) is 0.808. The molecule has 0 fully saturated rings. The Morgan fingerprint density at radius 2 is 2.00 bits per heavy atom. The van der Waals surface area contributed by atoms with Crippen LogP contribution in [0.25, 0.3) is 11.3 Å². The van der Waals surface area contributed by atoms with Gasteiger partial charge in [-0.05, 0) is 12.1 Å². The third-order valence-corrected chi connectivity index (χ3v) is 2.86. The van der Waals surface area contributed by atoms with Gasteiger partial charge < -0.3 is 0 Å². The number of hydrogen-bond donors (Lipinski definition) is 0. The van der Waals surface area contributed by atoms with E-state index in [-0.39, 0.29) is 11.1 Å². The van der Waals surface area contributed by atoms with E-state index in [1.165, 1.54) is 10.7 Å². The highest BCUT2D eigenvalue weighted by atomic mass is 79.9. The van der Waals surface area contributed by atoms with Crippen LogP contribution < -0.4 is 5.56 Å². The molecule has 2 rings (SSSR count). The highest BCUT2D eigenvalue weighted by Crippen LogP contribution is 2.21. The number of aryl methyl sites for hydroxylation is 1.